The monoisotopic (exact) mass is 210 g/mol. The molecule has 1 unspecified atom stereocenters. The molecule has 13 heavy (non-hydrogen) atoms. The summed E-state index contributed by atoms with van der Waals surface area (Å²) in [6.45, 7) is 5.46. The third-order valence-corrected chi connectivity index (χ3v) is 2.22. The second-order valence-electron chi connectivity index (χ2n) is 2.88. The normalized spacial score (nSPS) is 14.4. The highest BCUT2D eigenvalue weighted by Gasteiger charge is 2.04. The number of primary sulfonamides is 1. The molecule has 0 radical (unpaired) electrons. The van der Waals surface area contributed by atoms with Gasteiger partial charge in [-0.2, -0.15) is 0 Å². The van der Waals surface area contributed by atoms with E-state index in [0.717, 1.165) is 0 Å². The summed E-state index contributed by atoms with van der Waals surface area (Å²) in [6.07, 6.45) is 0. The van der Waals surface area contributed by atoms with E-state index in [2.05, 4.69) is 5.32 Å². The van der Waals surface area contributed by atoms with Gasteiger partial charge in [-0.1, -0.05) is 0 Å². The molecule has 0 fully saturated rings. The average molecular weight is 210 g/mol. The summed E-state index contributed by atoms with van der Waals surface area (Å²) in [5, 5.41) is 7.81. The van der Waals surface area contributed by atoms with Crippen LogP contribution in [-0.4, -0.2) is 40.0 Å². The van der Waals surface area contributed by atoms with Crippen LogP contribution in [-0.2, 0) is 14.8 Å². The van der Waals surface area contributed by atoms with E-state index in [9.17, 15) is 8.42 Å². The predicted molar refractivity (Wildman–Crippen MR) is 51.9 cm³/mol. The number of ether oxygens (including phenoxy) is 1. The summed E-state index contributed by atoms with van der Waals surface area (Å²) < 4.78 is 26.2. The van der Waals surface area contributed by atoms with Crippen molar-refractivity contribution in [3.05, 3.63) is 0 Å². The van der Waals surface area contributed by atoms with Crippen molar-refractivity contribution in [2.24, 2.45) is 5.14 Å². The average Bonchev–Trinajstić information content (AvgIpc) is 1.98. The van der Waals surface area contributed by atoms with Crippen LogP contribution in [0.1, 0.15) is 13.8 Å². The molecule has 0 saturated carbocycles. The fraction of sp³-hybridized carbons (Fsp3) is 1.00. The lowest BCUT2D eigenvalue weighted by atomic mass is 10.3. The Bertz CT molecular complexity index is 216. The minimum atomic E-state index is -3.34. The van der Waals surface area contributed by atoms with E-state index in [1.165, 1.54) is 0 Å². The first-order valence-electron chi connectivity index (χ1n) is 4.27. The molecule has 0 aliphatic carbocycles. The third kappa shape index (κ3) is 9.75. The van der Waals surface area contributed by atoms with Crippen molar-refractivity contribution >= 4 is 10.0 Å². The van der Waals surface area contributed by atoms with Gasteiger partial charge < -0.3 is 10.1 Å². The van der Waals surface area contributed by atoms with E-state index in [1.54, 1.807) is 0 Å². The third-order valence-electron chi connectivity index (χ3n) is 1.45. The molecule has 0 heterocycles. The van der Waals surface area contributed by atoms with Crippen molar-refractivity contribution in [2.45, 2.75) is 19.9 Å². The molecule has 0 aliphatic heterocycles. The Labute approximate surface area is 79.7 Å². The van der Waals surface area contributed by atoms with Crippen LogP contribution in [0.15, 0.2) is 0 Å². The van der Waals surface area contributed by atoms with Crippen LogP contribution >= 0.6 is 0 Å². The van der Waals surface area contributed by atoms with Gasteiger partial charge in [0.25, 0.3) is 0 Å². The fourth-order valence-corrected chi connectivity index (χ4v) is 1.20. The zero-order chi connectivity index (χ0) is 10.3. The van der Waals surface area contributed by atoms with Crippen LogP contribution in [0.4, 0.5) is 0 Å². The molecule has 5 nitrogen and oxygen atoms in total. The second kappa shape index (κ2) is 6.31. The Morgan fingerprint density at radius 3 is 2.62 bits per heavy atom. The summed E-state index contributed by atoms with van der Waals surface area (Å²) in [5.41, 5.74) is 0. The molecule has 0 aromatic rings. The quantitative estimate of drug-likeness (QED) is 0.581. The van der Waals surface area contributed by atoms with Gasteiger partial charge in [-0.3, -0.25) is 0 Å². The molecule has 0 rings (SSSR count). The predicted octanol–water partition coefficient (Wildman–Crippen LogP) is -0.710. The first kappa shape index (κ1) is 12.8. The van der Waals surface area contributed by atoms with Gasteiger partial charge >= 0.3 is 0 Å². The fourth-order valence-electron chi connectivity index (χ4n) is 0.801. The highest BCUT2D eigenvalue weighted by Crippen LogP contribution is 1.84. The lowest BCUT2D eigenvalue weighted by Crippen LogP contribution is -2.35. The van der Waals surface area contributed by atoms with Crippen molar-refractivity contribution in [1.29, 1.82) is 0 Å². The standard InChI is InChI=1S/C7H18N2O3S/c1-3-12-6-7(2)9-4-5-13(8,10)11/h7,9H,3-6H2,1-2H3,(H2,8,10,11). The van der Waals surface area contributed by atoms with E-state index in [4.69, 9.17) is 9.88 Å². The molecule has 0 aliphatic rings. The number of rotatable bonds is 7. The van der Waals surface area contributed by atoms with Gasteiger partial charge in [-0.15, -0.1) is 0 Å². The number of hydrogen-bond donors (Lipinski definition) is 2. The maximum absolute atomic E-state index is 10.5. The van der Waals surface area contributed by atoms with Crippen molar-refractivity contribution in [2.75, 3.05) is 25.5 Å². The molecular formula is C7H18N2O3S. The number of hydrogen-bond acceptors (Lipinski definition) is 4. The Balaban J connectivity index is 3.42. The minimum absolute atomic E-state index is 0.0382. The molecule has 0 bridgehead atoms. The van der Waals surface area contributed by atoms with Gasteiger partial charge in [-0.05, 0) is 13.8 Å². The molecule has 0 spiro atoms. The zero-order valence-electron chi connectivity index (χ0n) is 8.12. The van der Waals surface area contributed by atoms with E-state index in [0.29, 0.717) is 19.8 Å². The van der Waals surface area contributed by atoms with E-state index in [1.807, 2.05) is 13.8 Å². The van der Waals surface area contributed by atoms with Gasteiger partial charge in [0.15, 0.2) is 0 Å². The van der Waals surface area contributed by atoms with Crippen molar-refractivity contribution < 1.29 is 13.2 Å². The number of sulfonamides is 1. The van der Waals surface area contributed by atoms with E-state index < -0.39 is 10.0 Å². The SMILES string of the molecule is CCOCC(C)NCCS(N)(=O)=O. The summed E-state index contributed by atoms with van der Waals surface area (Å²) in [4.78, 5) is 0. The Kier molecular flexibility index (Phi) is 6.23. The van der Waals surface area contributed by atoms with Gasteiger partial charge in [0.05, 0.1) is 12.4 Å². The highest BCUT2D eigenvalue weighted by atomic mass is 32.2. The highest BCUT2D eigenvalue weighted by molar-refractivity contribution is 7.89. The Morgan fingerprint density at radius 2 is 2.15 bits per heavy atom. The zero-order valence-corrected chi connectivity index (χ0v) is 8.93. The summed E-state index contributed by atoms with van der Waals surface area (Å²) in [7, 11) is -3.34. The molecule has 80 valence electrons. The van der Waals surface area contributed by atoms with Gasteiger partial charge in [0.2, 0.25) is 10.0 Å². The van der Waals surface area contributed by atoms with Gasteiger partial charge in [-0.25, -0.2) is 13.6 Å². The summed E-state index contributed by atoms with van der Waals surface area (Å²) in [6, 6.07) is 0.154. The molecular weight excluding hydrogens is 192 g/mol. The van der Waals surface area contributed by atoms with Crippen LogP contribution in [0, 0.1) is 0 Å². The molecule has 0 aromatic carbocycles. The van der Waals surface area contributed by atoms with Crippen molar-refractivity contribution in [1.82, 2.24) is 5.32 Å². The van der Waals surface area contributed by atoms with Crippen molar-refractivity contribution in [3.8, 4) is 0 Å². The van der Waals surface area contributed by atoms with Crippen LogP contribution in [0.25, 0.3) is 0 Å². The largest absolute Gasteiger partial charge is 0.380 e. The maximum Gasteiger partial charge on any atom is 0.210 e. The van der Waals surface area contributed by atoms with Crippen LogP contribution < -0.4 is 10.5 Å². The molecule has 0 amide bonds. The maximum atomic E-state index is 10.5. The summed E-state index contributed by atoms with van der Waals surface area (Å²) >= 11 is 0. The van der Waals surface area contributed by atoms with Gasteiger partial charge in [0.1, 0.15) is 0 Å². The molecule has 1 atom stereocenters. The van der Waals surface area contributed by atoms with Crippen LogP contribution in [0.3, 0.4) is 0 Å². The van der Waals surface area contributed by atoms with E-state index in [-0.39, 0.29) is 11.8 Å². The minimum Gasteiger partial charge on any atom is -0.380 e. The molecule has 0 saturated heterocycles. The molecule has 0 aromatic heterocycles. The molecule has 3 N–H and O–H groups in total. The van der Waals surface area contributed by atoms with E-state index >= 15 is 0 Å². The first-order valence-corrected chi connectivity index (χ1v) is 5.99. The smallest absolute Gasteiger partial charge is 0.210 e. The van der Waals surface area contributed by atoms with Crippen LogP contribution in [0.5, 0.6) is 0 Å². The van der Waals surface area contributed by atoms with Gasteiger partial charge in [0, 0.05) is 19.2 Å². The second-order valence-corrected chi connectivity index (χ2v) is 4.62. The van der Waals surface area contributed by atoms with Crippen molar-refractivity contribution in [3.63, 3.8) is 0 Å². The number of nitrogens with one attached hydrogen (secondary N) is 1. The first-order chi connectivity index (χ1) is 5.95. The Hall–Kier alpha value is -0.170. The Morgan fingerprint density at radius 1 is 1.54 bits per heavy atom. The topological polar surface area (TPSA) is 81.4 Å². The summed E-state index contributed by atoms with van der Waals surface area (Å²) in [5.74, 6) is -0.0382. The lowest BCUT2D eigenvalue weighted by Gasteiger charge is -2.12. The van der Waals surface area contributed by atoms with Crippen LogP contribution in [0.2, 0.25) is 0 Å². The molecule has 6 heteroatoms. The lowest BCUT2D eigenvalue weighted by molar-refractivity contribution is 0.128. The number of nitrogens with two attached hydrogens (primary N) is 1.